The number of amides is 1. The molecular weight excluding hydrogens is 388 g/mol. The van der Waals surface area contributed by atoms with E-state index in [1.807, 2.05) is 4.72 Å². The van der Waals surface area contributed by atoms with Gasteiger partial charge in [0, 0.05) is 4.47 Å². The largest absolute Gasteiger partial charge is 0.275 e. The lowest BCUT2D eigenvalue weighted by atomic mass is 10.2. The second-order valence-electron chi connectivity index (χ2n) is 3.76. The van der Waals surface area contributed by atoms with Crippen LogP contribution in [0.3, 0.4) is 0 Å². The van der Waals surface area contributed by atoms with Crippen molar-refractivity contribution in [1.82, 2.24) is 9.71 Å². The van der Waals surface area contributed by atoms with Crippen molar-refractivity contribution in [1.29, 1.82) is 0 Å². The van der Waals surface area contributed by atoms with Crippen LogP contribution in [0.2, 0.25) is 5.02 Å². The fourth-order valence-electron chi connectivity index (χ4n) is 1.37. The zero-order chi connectivity index (χ0) is 14.9. The molecule has 106 valence electrons. The van der Waals surface area contributed by atoms with Crippen molar-refractivity contribution < 1.29 is 13.2 Å². The minimum Gasteiger partial charge on any atom is -0.268 e. The third-order valence-electron chi connectivity index (χ3n) is 2.27. The smallest absolute Gasteiger partial charge is 0.268 e. The summed E-state index contributed by atoms with van der Waals surface area (Å²) in [7, 11) is -3.93. The molecule has 0 aliphatic heterocycles. The van der Waals surface area contributed by atoms with E-state index in [0.717, 1.165) is 11.3 Å². The van der Waals surface area contributed by atoms with Crippen molar-refractivity contribution in [3.05, 3.63) is 44.5 Å². The number of sulfonamides is 1. The Bertz CT molecular complexity index is 774. The number of thiazole rings is 1. The molecule has 0 spiro atoms. The zero-order valence-electron chi connectivity index (χ0n) is 10.1. The molecule has 2 aromatic rings. The van der Waals surface area contributed by atoms with Gasteiger partial charge in [0.1, 0.15) is 0 Å². The Hall–Kier alpha value is -0.960. The van der Waals surface area contributed by atoms with Gasteiger partial charge < -0.3 is 0 Å². The third-order valence-corrected chi connectivity index (χ3v) is 5.78. The van der Waals surface area contributed by atoms with Gasteiger partial charge in [-0.05, 0) is 25.1 Å². The van der Waals surface area contributed by atoms with Gasteiger partial charge in [0.2, 0.25) is 0 Å². The molecule has 1 amide bonds. The van der Waals surface area contributed by atoms with Crippen LogP contribution in [0.25, 0.3) is 0 Å². The molecule has 20 heavy (non-hydrogen) atoms. The Morgan fingerprint density at radius 2 is 2.15 bits per heavy atom. The summed E-state index contributed by atoms with van der Waals surface area (Å²) in [4.78, 5) is 15.8. The van der Waals surface area contributed by atoms with Crippen LogP contribution in [0.4, 0.5) is 0 Å². The highest BCUT2D eigenvalue weighted by Crippen LogP contribution is 2.22. The molecule has 0 unspecified atom stereocenters. The Balaban J connectivity index is 2.27. The monoisotopic (exact) mass is 394 g/mol. The van der Waals surface area contributed by atoms with Gasteiger partial charge in [0.15, 0.2) is 4.21 Å². The number of nitrogens with one attached hydrogen (secondary N) is 1. The van der Waals surface area contributed by atoms with Crippen LogP contribution in [-0.4, -0.2) is 19.3 Å². The van der Waals surface area contributed by atoms with Gasteiger partial charge in [-0.25, -0.2) is 18.1 Å². The molecule has 2 rings (SSSR count). The molecular formula is C11H8BrClN2O3S2. The Morgan fingerprint density at radius 1 is 1.45 bits per heavy atom. The number of rotatable bonds is 3. The van der Waals surface area contributed by atoms with Crippen molar-refractivity contribution in [3.8, 4) is 0 Å². The van der Waals surface area contributed by atoms with E-state index in [1.165, 1.54) is 18.3 Å². The molecule has 0 bridgehead atoms. The molecule has 5 nitrogen and oxygen atoms in total. The molecule has 0 aliphatic carbocycles. The van der Waals surface area contributed by atoms with Crippen LogP contribution in [0.1, 0.15) is 15.4 Å². The molecule has 0 saturated heterocycles. The molecule has 0 atom stereocenters. The number of hydrogen-bond acceptors (Lipinski definition) is 5. The van der Waals surface area contributed by atoms with Crippen LogP contribution in [0.15, 0.2) is 33.1 Å². The first-order valence-electron chi connectivity index (χ1n) is 5.24. The Kier molecular flexibility index (Phi) is 4.48. The van der Waals surface area contributed by atoms with Gasteiger partial charge in [-0.3, -0.25) is 4.79 Å². The van der Waals surface area contributed by atoms with Crippen LogP contribution in [0, 0.1) is 6.92 Å². The van der Waals surface area contributed by atoms with E-state index in [-0.39, 0.29) is 14.8 Å². The molecule has 0 radical (unpaired) electrons. The molecule has 9 heteroatoms. The van der Waals surface area contributed by atoms with E-state index in [4.69, 9.17) is 11.6 Å². The summed E-state index contributed by atoms with van der Waals surface area (Å²) in [6.07, 6.45) is 1.21. The van der Waals surface area contributed by atoms with Crippen molar-refractivity contribution in [2.75, 3.05) is 0 Å². The molecule has 0 saturated carbocycles. The number of carbonyl (C=O) groups excluding carboxylic acids is 1. The van der Waals surface area contributed by atoms with Crippen molar-refractivity contribution in [3.63, 3.8) is 0 Å². The maximum atomic E-state index is 12.0. The standard InChI is InChI=1S/C11H8BrClN2O3S2/c1-6-14-5-10(19-6)20(17,18)15-11(16)8-3-2-7(12)4-9(8)13/h2-5H,1H3,(H,15,16). The fourth-order valence-corrected chi connectivity index (χ4v) is 4.20. The molecule has 1 aromatic heterocycles. The number of aryl methyl sites for hydroxylation is 1. The lowest BCUT2D eigenvalue weighted by Gasteiger charge is -2.06. The lowest BCUT2D eigenvalue weighted by molar-refractivity contribution is 0.0981. The first-order chi connectivity index (χ1) is 9.29. The van der Waals surface area contributed by atoms with E-state index in [9.17, 15) is 13.2 Å². The number of hydrogen-bond donors (Lipinski definition) is 1. The lowest BCUT2D eigenvalue weighted by Crippen LogP contribution is -2.30. The van der Waals surface area contributed by atoms with Crippen molar-refractivity contribution >= 4 is 54.8 Å². The normalized spacial score (nSPS) is 11.3. The first kappa shape index (κ1) is 15.4. The summed E-state index contributed by atoms with van der Waals surface area (Å²) in [5.41, 5.74) is 0.0830. The predicted molar refractivity (Wildman–Crippen MR) is 80.7 cm³/mol. The van der Waals surface area contributed by atoms with Gasteiger partial charge in [0.25, 0.3) is 15.9 Å². The highest BCUT2D eigenvalue weighted by Gasteiger charge is 2.22. The summed E-state index contributed by atoms with van der Waals surface area (Å²) in [5, 5.41) is 0.757. The van der Waals surface area contributed by atoms with E-state index in [2.05, 4.69) is 20.9 Å². The minimum atomic E-state index is -3.93. The highest BCUT2D eigenvalue weighted by molar-refractivity contribution is 9.10. The van der Waals surface area contributed by atoms with E-state index in [0.29, 0.717) is 9.48 Å². The predicted octanol–water partition coefficient (Wildman–Crippen LogP) is 2.99. The summed E-state index contributed by atoms with van der Waals surface area (Å²) in [6.45, 7) is 1.68. The number of aromatic nitrogens is 1. The molecule has 0 aliphatic rings. The van der Waals surface area contributed by atoms with E-state index in [1.54, 1.807) is 13.0 Å². The summed E-state index contributed by atoms with van der Waals surface area (Å²) < 4.78 is 26.6. The highest BCUT2D eigenvalue weighted by atomic mass is 79.9. The SMILES string of the molecule is Cc1ncc(S(=O)(=O)NC(=O)c2ccc(Br)cc2Cl)s1. The number of nitrogens with zero attached hydrogens (tertiary/aromatic N) is 1. The minimum absolute atomic E-state index is 0.0171. The number of benzene rings is 1. The van der Waals surface area contributed by atoms with Gasteiger partial charge in [-0.2, -0.15) is 0 Å². The number of carbonyl (C=O) groups is 1. The fraction of sp³-hybridized carbons (Fsp3) is 0.0909. The Labute approximate surface area is 133 Å². The second kappa shape index (κ2) is 5.80. The summed E-state index contributed by atoms with van der Waals surface area (Å²) in [5.74, 6) is -0.784. The molecule has 0 fully saturated rings. The van der Waals surface area contributed by atoms with Gasteiger partial charge in [-0.15, -0.1) is 11.3 Å². The van der Waals surface area contributed by atoms with Crippen molar-refractivity contribution in [2.45, 2.75) is 11.1 Å². The van der Waals surface area contributed by atoms with Crippen LogP contribution < -0.4 is 4.72 Å². The second-order valence-corrected chi connectivity index (χ2v) is 8.22. The average Bonchev–Trinajstić information content (AvgIpc) is 2.75. The zero-order valence-corrected chi connectivity index (χ0v) is 14.0. The topological polar surface area (TPSA) is 76.1 Å². The molecule has 1 N–H and O–H groups in total. The van der Waals surface area contributed by atoms with Gasteiger partial charge >= 0.3 is 0 Å². The van der Waals surface area contributed by atoms with E-state index >= 15 is 0 Å². The van der Waals surface area contributed by atoms with Crippen molar-refractivity contribution in [2.24, 2.45) is 0 Å². The maximum absolute atomic E-state index is 12.0. The van der Waals surface area contributed by atoms with Crippen LogP contribution in [-0.2, 0) is 10.0 Å². The Morgan fingerprint density at radius 3 is 2.70 bits per heavy atom. The van der Waals surface area contributed by atoms with Crippen LogP contribution >= 0.6 is 38.9 Å². The molecule has 1 aromatic carbocycles. The number of halogens is 2. The van der Waals surface area contributed by atoms with Crippen LogP contribution in [0.5, 0.6) is 0 Å². The molecule has 1 heterocycles. The first-order valence-corrected chi connectivity index (χ1v) is 8.71. The van der Waals surface area contributed by atoms with E-state index < -0.39 is 15.9 Å². The third kappa shape index (κ3) is 3.38. The van der Waals surface area contributed by atoms with Gasteiger partial charge in [0.05, 0.1) is 21.8 Å². The quantitative estimate of drug-likeness (QED) is 0.867. The maximum Gasteiger partial charge on any atom is 0.275 e. The average molecular weight is 396 g/mol. The summed E-state index contributed by atoms with van der Waals surface area (Å²) in [6, 6.07) is 4.55. The summed E-state index contributed by atoms with van der Waals surface area (Å²) >= 11 is 10.1. The van der Waals surface area contributed by atoms with Gasteiger partial charge in [-0.1, -0.05) is 27.5 Å².